The van der Waals surface area contributed by atoms with E-state index in [-0.39, 0.29) is 11.8 Å². The molecule has 2 aromatic rings. The van der Waals surface area contributed by atoms with Crippen LogP contribution in [0.15, 0.2) is 46.2 Å². The van der Waals surface area contributed by atoms with Gasteiger partial charge in [-0.05, 0) is 17.1 Å². The Morgan fingerprint density at radius 3 is 2.83 bits per heavy atom. The summed E-state index contributed by atoms with van der Waals surface area (Å²) in [6, 6.07) is 9.72. The van der Waals surface area contributed by atoms with Crippen molar-refractivity contribution in [2.75, 3.05) is 5.75 Å². The number of nitrogens with two attached hydrogens (primary N) is 1. The number of oxime groups is 1. The minimum Gasteiger partial charge on any atom is -0.409 e. The first-order chi connectivity index (χ1) is 8.81. The van der Waals surface area contributed by atoms with Gasteiger partial charge in [0, 0.05) is 5.75 Å². The van der Waals surface area contributed by atoms with Gasteiger partial charge in [0.05, 0.1) is 5.92 Å². The molecular weight excluding hydrogens is 268 g/mol. The Bertz CT molecular complexity index is 501. The van der Waals surface area contributed by atoms with Crippen LogP contribution in [-0.2, 0) is 0 Å². The van der Waals surface area contributed by atoms with E-state index in [9.17, 15) is 0 Å². The second-order valence-corrected chi connectivity index (χ2v) is 5.55. The zero-order chi connectivity index (χ0) is 12.8. The average molecular weight is 280 g/mol. The topological polar surface area (TPSA) is 84.4 Å². The summed E-state index contributed by atoms with van der Waals surface area (Å²) in [5.41, 5.74) is 6.76. The third kappa shape index (κ3) is 3.21. The van der Waals surface area contributed by atoms with Gasteiger partial charge in [0.25, 0.3) is 0 Å². The molecule has 7 heteroatoms. The van der Waals surface area contributed by atoms with Gasteiger partial charge in [-0.3, -0.25) is 0 Å². The first-order valence-corrected chi connectivity index (χ1v) is 6.99. The molecule has 1 aromatic heterocycles. The monoisotopic (exact) mass is 280 g/mol. The zero-order valence-corrected chi connectivity index (χ0v) is 11.1. The van der Waals surface area contributed by atoms with E-state index in [1.807, 2.05) is 30.3 Å². The highest BCUT2D eigenvalue weighted by Crippen LogP contribution is 2.26. The molecule has 18 heavy (non-hydrogen) atoms. The minimum absolute atomic E-state index is 0.134. The van der Waals surface area contributed by atoms with Crippen molar-refractivity contribution in [1.82, 2.24) is 9.36 Å². The van der Waals surface area contributed by atoms with Gasteiger partial charge in [0.1, 0.15) is 12.2 Å². The predicted molar refractivity (Wildman–Crippen MR) is 73.2 cm³/mol. The van der Waals surface area contributed by atoms with Gasteiger partial charge >= 0.3 is 0 Å². The molecule has 1 aromatic carbocycles. The minimum atomic E-state index is -0.134. The average Bonchev–Trinajstić information content (AvgIpc) is 2.93. The molecule has 0 bridgehead atoms. The molecule has 0 amide bonds. The van der Waals surface area contributed by atoms with Crippen LogP contribution in [0.2, 0.25) is 0 Å². The number of rotatable bonds is 5. The van der Waals surface area contributed by atoms with Crippen LogP contribution in [0.3, 0.4) is 0 Å². The Kier molecular flexibility index (Phi) is 4.54. The second-order valence-electron chi connectivity index (χ2n) is 3.51. The number of hydrogen-bond acceptors (Lipinski definition) is 6. The molecule has 0 aliphatic rings. The highest BCUT2D eigenvalue weighted by atomic mass is 32.2. The summed E-state index contributed by atoms with van der Waals surface area (Å²) in [4.78, 5) is 4.09. The van der Waals surface area contributed by atoms with Gasteiger partial charge < -0.3 is 10.9 Å². The van der Waals surface area contributed by atoms with Gasteiger partial charge in [0.2, 0.25) is 0 Å². The Balaban J connectivity index is 2.11. The summed E-state index contributed by atoms with van der Waals surface area (Å²) in [5, 5.41) is 12.0. The van der Waals surface area contributed by atoms with E-state index < -0.39 is 0 Å². The molecule has 94 valence electrons. The summed E-state index contributed by atoms with van der Waals surface area (Å²) in [5.74, 6) is 0.734. The fourth-order valence-electron chi connectivity index (χ4n) is 1.49. The van der Waals surface area contributed by atoms with Crippen LogP contribution in [0.1, 0.15) is 11.5 Å². The van der Waals surface area contributed by atoms with E-state index in [1.165, 1.54) is 17.9 Å². The summed E-state index contributed by atoms with van der Waals surface area (Å²) in [6.45, 7) is 0. The van der Waals surface area contributed by atoms with Gasteiger partial charge in [0.15, 0.2) is 4.34 Å². The largest absolute Gasteiger partial charge is 0.409 e. The maximum absolute atomic E-state index is 8.85. The third-order valence-electron chi connectivity index (χ3n) is 2.39. The number of amidine groups is 1. The number of nitrogens with zero attached hydrogens (tertiary/aromatic N) is 3. The zero-order valence-electron chi connectivity index (χ0n) is 9.43. The Morgan fingerprint density at radius 1 is 1.44 bits per heavy atom. The van der Waals surface area contributed by atoms with E-state index in [0.717, 1.165) is 9.90 Å². The first kappa shape index (κ1) is 12.8. The van der Waals surface area contributed by atoms with Gasteiger partial charge in [-0.15, -0.1) is 0 Å². The third-order valence-corrected chi connectivity index (χ3v) is 4.28. The Morgan fingerprint density at radius 2 is 2.22 bits per heavy atom. The molecule has 3 N–H and O–H groups in total. The van der Waals surface area contributed by atoms with Crippen LogP contribution in [0, 0.1) is 0 Å². The van der Waals surface area contributed by atoms with Gasteiger partial charge in [-0.1, -0.05) is 47.2 Å². The fraction of sp³-hybridized carbons (Fsp3) is 0.182. The maximum Gasteiger partial charge on any atom is 0.169 e. The van der Waals surface area contributed by atoms with Crippen molar-refractivity contribution in [3.63, 3.8) is 0 Å². The molecule has 5 nitrogen and oxygen atoms in total. The van der Waals surface area contributed by atoms with Crippen molar-refractivity contribution in [2.24, 2.45) is 10.9 Å². The SMILES string of the molecule is NC(=NO)C(CSc1ncns1)c1ccccc1. The number of hydrogen-bond donors (Lipinski definition) is 2. The van der Waals surface area contributed by atoms with Crippen LogP contribution in [0.4, 0.5) is 0 Å². The molecule has 1 unspecified atom stereocenters. The van der Waals surface area contributed by atoms with Crippen LogP contribution in [-0.4, -0.2) is 26.2 Å². The highest BCUT2D eigenvalue weighted by molar-refractivity contribution is 8.01. The smallest absolute Gasteiger partial charge is 0.169 e. The molecule has 1 atom stereocenters. The normalized spacial score (nSPS) is 13.4. The number of thioether (sulfide) groups is 1. The van der Waals surface area contributed by atoms with E-state index in [4.69, 9.17) is 10.9 Å². The van der Waals surface area contributed by atoms with Crippen molar-refractivity contribution in [1.29, 1.82) is 0 Å². The van der Waals surface area contributed by atoms with Crippen molar-refractivity contribution < 1.29 is 5.21 Å². The van der Waals surface area contributed by atoms with Crippen LogP contribution >= 0.6 is 23.3 Å². The summed E-state index contributed by atoms with van der Waals surface area (Å²) in [7, 11) is 0. The molecule has 0 fully saturated rings. The highest BCUT2D eigenvalue weighted by Gasteiger charge is 2.17. The van der Waals surface area contributed by atoms with E-state index in [0.29, 0.717) is 5.75 Å². The lowest BCUT2D eigenvalue weighted by Crippen LogP contribution is -2.23. The molecule has 0 radical (unpaired) electrons. The van der Waals surface area contributed by atoms with Crippen LogP contribution in [0.25, 0.3) is 0 Å². The van der Waals surface area contributed by atoms with Crippen molar-refractivity contribution in [3.05, 3.63) is 42.2 Å². The lowest BCUT2D eigenvalue weighted by atomic mass is 10.0. The summed E-state index contributed by atoms with van der Waals surface area (Å²) in [6.07, 6.45) is 1.52. The summed E-state index contributed by atoms with van der Waals surface area (Å²) >= 11 is 2.88. The maximum atomic E-state index is 8.85. The van der Waals surface area contributed by atoms with Crippen molar-refractivity contribution >= 4 is 29.1 Å². The molecular formula is C11H12N4OS2. The van der Waals surface area contributed by atoms with Crippen LogP contribution in [0.5, 0.6) is 0 Å². The van der Waals surface area contributed by atoms with Crippen molar-refractivity contribution in [2.45, 2.75) is 10.3 Å². The number of benzene rings is 1. The lowest BCUT2D eigenvalue weighted by molar-refractivity contribution is 0.316. The van der Waals surface area contributed by atoms with E-state index in [2.05, 4.69) is 14.5 Å². The molecule has 0 saturated carbocycles. The van der Waals surface area contributed by atoms with Gasteiger partial charge in [-0.25, -0.2) is 4.98 Å². The molecule has 0 saturated heterocycles. The Labute approximate surface area is 113 Å². The number of aromatic nitrogens is 2. The van der Waals surface area contributed by atoms with Crippen LogP contribution < -0.4 is 5.73 Å². The quantitative estimate of drug-likeness (QED) is 0.288. The first-order valence-electron chi connectivity index (χ1n) is 5.23. The Hall–Kier alpha value is -1.60. The molecule has 0 spiro atoms. The summed E-state index contributed by atoms with van der Waals surface area (Å²) < 4.78 is 4.81. The standard InChI is InChI=1S/C11H12N4OS2/c12-10(15-16)9(8-4-2-1-3-5-8)6-17-11-13-7-14-18-11/h1-5,7,9,16H,6H2,(H2,12,15). The van der Waals surface area contributed by atoms with Crippen molar-refractivity contribution in [3.8, 4) is 0 Å². The fourth-order valence-corrected chi connectivity index (χ4v) is 3.11. The molecule has 1 heterocycles. The molecule has 2 rings (SSSR count). The van der Waals surface area contributed by atoms with E-state index >= 15 is 0 Å². The second kappa shape index (κ2) is 6.36. The molecule has 0 aliphatic heterocycles. The van der Waals surface area contributed by atoms with Gasteiger partial charge in [-0.2, -0.15) is 4.37 Å². The lowest BCUT2D eigenvalue weighted by Gasteiger charge is -2.14. The van der Waals surface area contributed by atoms with E-state index in [1.54, 1.807) is 11.8 Å². The predicted octanol–water partition coefficient (Wildman–Crippen LogP) is 2.16. The molecule has 0 aliphatic carbocycles.